The highest BCUT2D eigenvalue weighted by Gasteiger charge is 2.34. The molecule has 1 aromatic rings. The highest BCUT2D eigenvalue weighted by atomic mass is 35.5. The molecular weight excluding hydrogens is 319 g/mol. The van der Waals surface area contributed by atoms with Gasteiger partial charge in [0.05, 0.1) is 5.02 Å². The number of benzene rings is 1. The van der Waals surface area contributed by atoms with Gasteiger partial charge in [-0.05, 0) is 44.0 Å². The van der Waals surface area contributed by atoms with Gasteiger partial charge in [0.2, 0.25) is 10.0 Å². The Morgan fingerprint density at radius 2 is 2.05 bits per heavy atom. The number of nitrogens with zero attached hydrogens (tertiary/aromatic N) is 1. The first-order chi connectivity index (χ1) is 9.46. The Morgan fingerprint density at radius 1 is 1.30 bits per heavy atom. The normalized spacial score (nSPS) is 21.1. The topological polar surface area (TPSA) is 63.4 Å². The van der Waals surface area contributed by atoms with E-state index < -0.39 is 10.0 Å². The molecule has 0 aliphatic carbocycles. The molecule has 1 aromatic carbocycles. The lowest BCUT2D eigenvalue weighted by molar-refractivity contribution is 0.243. The van der Waals surface area contributed by atoms with Gasteiger partial charge in [-0.3, -0.25) is 0 Å². The third-order valence-electron chi connectivity index (χ3n) is 3.55. The highest BCUT2D eigenvalue weighted by molar-refractivity contribution is 7.89. The highest BCUT2D eigenvalue weighted by Crippen LogP contribution is 2.32. The predicted octanol–water partition coefficient (Wildman–Crippen LogP) is 2.89. The monoisotopic (exact) mass is 336 g/mol. The Bertz CT molecular complexity index is 576. The smallest absolute Gasteiger partial charge is 0.244 e. The molecule has 1 fully saturated rings. The van der Waals surface area contributed by atoms with Gasteiger partial charge in [-0.25, -0.2) is 8.42 Å². The standard InChI is InChI=1S/C13H18Cl2N2O2S/c14-10-4-5-12(15)13(9-10)20(18,19)17-8-2-1-3-11(17)6-7-16/h4-5,9,11H,1-3,6-8,16H2. The van der Waals surface area contributed by atoms with Gasteiger partial charge in [0, 0.05) is 17.6 Å². The van der Waals surface area contributed by atoms with Crippen molar-refractivity contribution in [2.45, 2.75) is 36.6 Å². The summed E-state index contributed by atoms with van der Waals surface area (Å²) < 4.78 is 27.1. The minimum absolute atomic E-state index is 0.0474. The maximum Gasteiger partial charge on any atom is 0.244 e. The maximum atomic E-state index is 12.8. The van der Waals surface area contributed by atoms with Crippen molar-refractivity contribution in [2.24, 2.45) is 5.73 Å². The second-order valence-electron chi connectivity index (χ2n) is 4.92. The van der Waals surface area contributed by atoms with Gasteiger partial charge < -0.3 is 5.73 Å². The zero-order valence-corrected chi connectivity index (χ0v) is 13.4. The summed E-state index contributed by atoms with van der Waals surface area (Å²) >= 11 is 11.9. The third kappa shape index (κ3) is 3.28. The Morgan fingerprint density at radius 3 is 2.75 bits per heavy atom. The molecule has 4 nitrogen and oxygen atoms in total. The van der Waals surface area contributed by atoms with Crippen molar-refractivity contribution in [3.05, 3.63) is 28.2 Å². The first-order valence-corrected chi connectivity index (χ1v) is 8.83. The molecule has 1 heterocycles. The summed E-state index contributed by atoms with van der Waals surface area (Å²) in [6.45, 7) is 0.982. The number of hydrogen-bond donors (Lipinski definition) is 1. The predicted molar refractivity (Wildman–Crippen MR) is 81.7 cm³/mol. The van der Waals surface area contributed by atoms with Crippen LogP contribution in [-0.2, 0) is 10.0 Å². The molecule has 1 saturated heterocycles. The Balaban J connectivity index is 2.39. The van der Waals surface area contributed by atoms with Gasteiger partial charge in [0.15, 0.2) is 0 Å². The van der Waals surface area contributed by atoms with Crippen molar-refractivity contribution in [1.29, 1.82) is 0 Å². The zero-order valence-electron chi connectivity index (χ0n) is 11.1. The molecule has 0 aromatic heterocycles. The fraction of sp³-hybridized carbons (Fsp3) is 0.538. The van der Waals surface area contributed by atoms with E-state index in [1.807, 2.05) is 0 Å². The van der Waals surface area contributed by atoms with Crippen LogP contribution >= 0.6 is 23.2 Å². The third-order valence-corrected chi connectivity index (χ3v) is 6.22. The number of nitrogens with two attached hydrogens (primary N) is 1. The van der Waals surface area contributed by atoms with Crippen LogP contribution in [0.5, 0.6) is 0 Å². The quantitative estimate of drug-likeness (QED) is 0.919. The van der Waals surface area contributed by atoms with E-state index in [-0.39, 0.29) is 16.0 Å². The lowest BCUT2D eigenvalue weighted by Crippen LogP contribution is -2.44. The van der Waals surface area contributed by atoms with Gasteiger partial charge in [-0.15, -0.1) is 0 Å². The van der Waals surface area contributed by atoms with E-state index in [1.165, 1.54) is 16.4 Å². The van der Waals surface area contributed by atoms with Crippen molar-refractivity contribution < 1.29 is 8.42 Å². The van der Waals surface area contributed by atoms with E-state index in [1.54, 1.807) is 6.07 Å². The molecule has 0 bridgehead atoms. The van der Waals surface area contributed by atoms with Crippen LogP contribution in [0, 0.1) is 0 Å². The molecule has 2 rings (SSSR count). The number of rotatable bonds is 4. The molecule has 2 N–H and O–H groups in total. The van der Waals surface area contributed by atoms with Crippen LogP contribution in [0.4, 0.5) is 0 Å². The summed E-state index contributed by atoms with van der Waals surface area (Å²) in [7, 11) is -3.63. The fourth-order valence-corrected chi connectivity index (χ4v) is 5.04. The summed E-state index contributed by atoms with van der Waals surface area (Å²) in [5.74, 6) is 0. The fourth-order valence-electron chi connectivity index (χ4n) is 2.57. The Kier molecular flexibility index (Phi) is 5.31. The zero-order chi connectivity index (χ0) is 14.8. The molecule has 1 aliphatic rings. The van der Waals surface area contributed by atoms with Gasteiger partial charge in [0.25, 0.3) is 0 Å². The van der Waals surface area contributed by atoms with Crippen molar-refractivity contribution >= 4 is 33.2 Å². The molecule has 0 amide bonds. The minimum atomic E-state index is -3.63. The lowest BCUT2D eigenvalue weighted by atomic mass is 10.0. The Labute approximate surface area is 129 Å². The second-order valence-corrected chi connectivity index (χ2v) is 7.62. The van der Waals surface area contributed by atoms with E-state index in [0.29, 0.717) is 24.5 Å². The average molecular weight is 337 g/mol. The molecule has 112 valence electrons. The van der Waals surface area contributed by atoms with E-state index in [2.05, 4.69) is 0 Å². The molecule has 0 radical (unpaired) electrons. The van der Waals surface area contributed by atoms with Gasteiger partial charge in [0.1, 0.15) is 4.90 Å². The lowest BCUT2D eigenvalue weighted by Gasteiger charge is -2.34. The van der Waals surface area contributed by atoms with Crippen molar-refractivity contribution in [2.75, 3.05) is 13.1 Å². The van der Waals surface area contributed by atoms with E-state index in [9.17, 15) is 8.42 Å². The van der Waals surface area contributed by atoms with Crippen LogP contribution in [0.15, 0.2) is 23.1 Å². The summed E-state index contributed by atoms with van der Waals surface area (Å²) in [5.41, 5.74) is 5.59. The molecule has 20 heavy (non-hydrogen) atoms. The van der Waals surface area contributed by atoms with Crippen LogP contribution in [0.3, 0.4) is 0 Å². The van der Waals surface area contributed by atoms with Gasteiger partial charge >= 0.3 is 0 Å². The molecule has 1 unspecified atom stereocenters. The van der Waals surface area contributed by atoms with Crippen LogP contribution < -0.4 is 5.73 Å². The molecular formula is C13H18Cl2N2O2S. The molecule has 7 heteroatoms. The summed E-state index contributed by atoms with van der Waals surface area (Å²) in [4.78, 5) is 0.0792. The van der Waals surface area contributed by atoms with Crippen LogP contribution in [-0.4, -0.2) is 31.9 Å². The molecule has 0 saturated carbocycles. The average Bonchev–Trinajstić information content (AvgIpc) is 2.42. The van der Waals surface area contributed by atoms with Crippen LogP contribution in [0.2, 0.25) is 10.0 Å². The molecule has 1 aliphatic heterocycles. The number of sulfonamides is 1. The summed E-state index contributed by atoms with van der Waals surface area (Å²) in [6, 6.07) is 4.46. The van der Waals surface area contributed by atoms with Gasteiger partial charge in [-0.1, -0.05) is 29.6 Å². The number of hydrogen-bond acceptors (Lipinski definition) is 3. The van der Waals surface area contributed by atoms with Gasteiger partial charge in [-0.2, -0.15) is 4.31 Å². The minimum Gasteiger partial charge on any atom is -0.330 e. The largest absolute Gasteiger partial charge is 0.330 e. The van der Waals surface area contributed by atoms with E-state index >= 15 is 0 Å². The van der Waals surface area contributed by atoms with Crippen molar-refractivity contribution in [1.82, 2.24) is 4.31 Å². The van der Waals surface area contributed by atoms with Crippen molar-refractivity contribution in [3.63, 3.8) is 0 Å². The SMILES string of the molecule is NCCC1CCCCN1S(=O)(=O)c1cc(Cl)ccc1Cl. The van der Waals surface area contributed by atoms with Crippen LogP contribution in [0.1, 0.15) is 25.7 Å². The Hall–Kier alpha value is -0.330. The summed E-state index contributed by atoms with van der Waals surface area (Å²) in [5, 5.41) is 0.562. The van der Waals surface area contributed by atoms with E-state index in [4.69, 9.17) is 28.9 Å². The van der Waals surface area contributed by atoms with Crippen molar-refractivity contribution in [3.8, 4) is 0 Å². The number of halogens is 2. The molecule has 1 atom stereocenters. The van der Waals surface area contributed by atoms with E-state index in [0.717, 1.165) is 19.3 Å². The maximum absolute atomic E-state index is 12.8. The van der Waals surface area contributed by atoms with Crippen LogP contribution in [0.25, 0.3) is 0 Å². The first-order valence-electron chi connectivity index (χ1n) is 6.64. The molecule has 0 spiro atoms. The first kappa shape index (κ1) is 16.0. The summed E-state index contributed by atoms with van der Waals surface area (Å²) in [6.07, 6.45) is 3.39. The second kappa shape index (κ2) is 6.62. The number of piperidine rings is 1.